The minimum Gasteiger partial charge on any atom is -0.480 e. The number of aromatic nitrogens is 1. The Hall–Kier alpha value is -7.45. The molecule has 25 heteroatoms. The number of carboxylic acids is 1. The van der Waals surface area contributed by atoms with Crippen LogP contribution in [0.4, 0.5) is 8.78 Å². The lowest BCUT2D eigenvalue weighted by Gasteiger charge is -2.41. The largest absolute Gasteiger partial charge is 0.480 e. The molecule has 2 heterocycles. The fourth-order valence-corrected chi connectivity index (χ4v) is 7.81. The van der Waals surface area contributed by atoms with Gasteiger partial charge in [0, 0.05) is 74.2 Å². The quantitative estimate of drug-likeness (QED) is 0.0313. The van der Waals surface area contributed by atoms with Gasteiger partial charge in [0.2, 0.25) is 35.4 Å². The Balaban J connectivity index is 1.29. The molecule has 0 radical (unpaired) electrons. The van der Waals surface area contributed by atoms with Gasteiger partial charge in [-0.05, 0) is 41.7 Å². The van der Waals surface area contributed by atoms with Crippen molar-refractivity contribution in [2.24, 2.45) is 5.41 Å². The topological polar surface area (TPSA) is 303 Å². The van der Waals surface area contributed by atoms with Gasteiger partial charge >= 0.3 is 5.97 Å². The molecule has 1 aromatic heterocycles. The van der Waals surface area contributed by atoms with E-state index in [2.05, 4.69) is 26.6 Å². The van der Waals surface area contributed by atoms with Gasteiger partial charge in [-0.1, -0.05) is 51.1 Å². The molecular formula is C52H68F2N8O15. The summed E-state index contributed by atoms with van der Waals surface area (Å²) in [5.41, 5.74) is 0.795. The number of nitrogens with zero attached hydrogens (tertiary/aromatic N) is 3. The van der Waals surface area contributed by atoms with Crippen LogP contribution in [0.5, 0.6) is 0 Å². The summed E-state index contributed by atoms with van der Waals surface area (Å²) in [6, 6.07) is 11.7. The lowest BCUT2D eigenvalue weighted by atomic mass is 9.82. The number of ether oxygens (including phenoxy) is 4. The number of aliphatic hydroxyl groups is 1. The fourth-order valence-electron chi connectivity index (χ4n) is 7.81. The number of aliphatic carboxylic acids is 1. The number of nitrogens with one attached hydrogen (secondary N) is 5. The van der Waals surface area contributed by atoms with Crippen LogP contribution in [0.1, 0.15) is 57.3 Å². The van der Waals surface area contributed by atoms with E-state index < -0.39 is 102 Å². The highest BCUT2D eigenvalue weighted by molar-refractivity contribution is 6.14. The molecule has 23 nitrogen and oxygen atoms in total. The molecule has 1 aliphatic heterocycles. The average molecular weight is 1080 g/mol. The number of carboxylic acid groups (broad SMARTS) is 1. The molecule has 2 atom stereocenters. The summed E-state index contributed by atoms with van der Waals surface area (Å²) in [6.45, 7) is 4.41. The number of aliphatic hydroxyl groups excluding tert-OH is 1. The molecule has 0 saturated carbocycles. The molecule has 0 aliphatic carbocycles. The number of hydrogen-bond donors (Lipinski definition) is 7. The SMILES string of the molecule is CC(C)(C)[C@H](c1cc(-c2cc(F)ccc2F)cn1Cc1ccccc1)N(CC[C@H](NC(=O)CNC(=O)CCOCCOCCOCCOCCNC(=O)CN1C(=O)C=CC1=O)C(=O)NCCC(=O)NCC(=O)O)C(=O)CO. The highest BCUT2D eigenvalue weighted by Gasteiger charge is 2.38. The predicted octanol–water partition coefficient (Wildman–Crippen LogP) is 0.586. The third kappa shape index (κ3) is 22.0. The van der Waals surface area contributed by atoms with Crippen LogP contribution < -0.4 is 26.6 Å². The molecule has 0 spiro atoms. The van der Waals surface area contributed by atoms with Gasteiger partial charge in [0.1, 0.15) is 37.4 Å². The van der Waals surface area contributed by atoms with E-state index >= 15 is 4.39 Å². The zero-order valence-corrected chi connectivity index (χ0v) is 43.3. The average Bonchev–Trinajstić information content (AvgIpc) is 3.97. The molecule has 3 aromatic rings. The molecule has 7 N–H and O–H groups in total. The van der Waals surface area contributed by atoms with Crippen molar-refractivity contribution in [3.63, 3.8) is 0 Å². The molecule has 0 unspecified atom stereocenters. The number of rotatable bonds is 35. The van der Waals surface area contributed by atoms with Crippen LogP contribution in [0.3, 0.4) is 0 Å². The molecule has 0 bridgehead atoms. The Labute approximate surface area is 444 Å². The maximum absolute atomic E-state index is 15.3. The van der Waals surface area contributed by atoms with Gasteiger partial charge in [0.15, 0.2) is 0 Å². The van der Waals surface area contributed by atoms with E-state index in [-0.39, 0.29) is 110 Å². The minimum atomic E-state index is -1.38. The Morgan fingerprint density at radius 3 is 1.94 bits per heavy atom. The first kappa shape index (κ1) is 62.1. The van der Waals surface area contributed by atoms with E-state index in [1.807, 2.05) is 51.1 Å². The summed E-state index contributed by atoms with van der Waals surface area (Å²) in [4.78, 5) is 114. The van der Waals surface area contributed by atoms with E-state index in [1.165, 1.54) is 4.90 Å². The van der Waals surface area contributed by atoms with Crippen molar-refractivity contribution >= 4 is 53.2 Å². The Morgan fingerprint density at radius 1 is 0.701 bits per heavy atom. The summed E-state index contributed by atoms with van der Waals surface area (Å²) in [7, 11) is 0. The first-order valence-corrected chi connectivity index (χ1v) is 24.8. The van der Waals surface area contributed by atoms with Gasteiger partial charge < -0.3 is 65.2 Å². The van der Waals surface area contributed by atoms with Crippen molar-refractivity contribution in [1.29, 1.82) is 0 Å². The van der Waals surface area contributed by atoms with Crippen LogP contribution in [0.25, 0.3) is 11.1 Å². The number of imide groups is 1. The first-order valence-electron chi connectivity index (χ1n) is 24.8. The van der Waals surface area contributed by atoms with E-state index in [9.17, 15) is 52.6 Å². The third-order valence-electron chi connectivity index (χ3n) is 11.4. The van der Waals surface area contributed by atoms with Crippen molar-refractivity contribution in [3.05, 3.63) is 95.8 Å². The molecular weight excluding hydrogens is 1010 g/mol. The number of halogens is 2. The van der Waals surface area contributed by atoms with Gasteiger partial charge in [-0.15, -0.1) is 0 Å². The number of hydrogen-bond acceptors (Lipinski definition) is 14. The number of amides is 8. The van der Waals surface area contributed by atoms with E-state index in [4.69, 9.17) is 24.1 Å². The smallest absolute Gasteiger partial charge is 0.322 e. The highest BCUT2D eigenvalue weighted by atomic mass is 19.1. The monoisotopic (exact) mass is 1080 g/mol. The predicted molar refractivity (Wildman–Crippen MR) is 271 cm³/mol. The molecule has 1 aliphatic rings. The number of carbonyl (C=O) groups is 9. The van der Waals surface area contributed by atoms with Crippen molar-refractivity contribution in [3.8, 4) is 11.1 Å². The standard InChI is InChI=1S/C52H68F2N8O15/c1-52(2,3)50(41-27-36(38-28-37(53)9-10-39(38)54)32-60(41)31-35-7-5-4-6-8-35)61(48(70)34-63)18-14-40(51(73)56-16-13-42(64)58-30-49(71)72)59-44(66)29-57-43(65)15-19-74-21-23-76-25-26-77-24-22-75-20-17-55-45(67)33-62-46(68)11-12-47(62)69/h4-12,27-28,32,40,50,63H,13-26,29-31,33-34H2,1-3H3,(H,55,67)(H,56,73)(H,57,65)(H,58,64)(H,59,66)(H,71,72)/t40-,50-/m0/s1. The lowest BCUT2D eigenvalue weighted by molar-refractivity contribution is -0.141. The highest BCUT2D eigenvalue weighted by Crippen LogP contribution is 2.41. The Bertz CT molecular complexity index is 2500. The maximum atomic E-state index is 15.3. The van der Waals surface area contributed by atoms with Crippen molar-refractivity contribution < 1.29 is 81.1 Å². The van der Waals surface area contributed by atoms with Crippen LogP contribution in [0, 0.1) is 17.0 Å². The molecule has 420 valence electrons. The van der Waals surface area contributed by atoms with Crippen LogP contribution in [0.2, 0.25) is 0 Å². The van der Waals surface area contributed by atoms with Crippen LogP contribution in [0.15, 0.2) is 72.9 Å². The van der Waals surface area contributed by atoms with E-state index in [0.717, 1.165) is 40.8 Å². The number of benzene rings is 2. The zero-order chi connectivity index (χ0) is 56.3. The third-order valence-corrected chi connectivity index (χ3v) is 11.4. The van der Waals surface area contributed by atoms with Crippen molar-refractivity contribution in [2.75, 3.05) is 98.7 Å². The van der Waals surface area contributed by atoms with Crippen LogP contribution in [-0.4, -0.2) is 183 Å². The fraction of sp³-hybridized carbons (Fsp3) is 0.481. The van der Waals surface area contributed by atoms with Crippen molar-refractivity contribution in [2.45, 2.75) is 58.7 Å². The summed E-state index contributed by atoms with van der Waals surface area (Å²) >= 11 is 0. The second kappa shape index (κ2) is 32.2. The van der Waals surface area contributed by atoms with Gasteiger partial charge in [-0.3, -0.25) is 48.1 Å². The Morgan fingerprint density at radius 2 is 1.31 bits per heavy atom. The van der Waals surface area contributed by atoms with Gasteiger partial charge in [0.25, 0.3) is 11.8 Å². The zero-order valence-electron chi connectivity index (χ0n) is 43.3. The normalized spacial score (nSPS) is 13.0. The summed E-state index contributed by atoms with van der Waals surface area (Å²) in [5.74, 6) is -7.76. The van der Waals surface area contributed by atoms with E-state index in [1.54, 1.807) is 16.8 Å². The molecule has 77 heavy (non-hydrogen) atoms. The minimum absolute atomic E-state index is 0.0149. The van der Waals surface area contributed by atoms with Crippen molar-refractivity contribution in [1.82, 2.24) is 41.0 Å². The van der Waals surface area contributed by atoms with Crippen LogP contribution >= 0.6 is 0 Å². The van der Waals surface area contributed by atoms with Gasteiger partial charge in [0.05, 0.1) is 65.4 Å². The van der Waals surface area contributed by atoms with Gasteiger partial charge in [-0.2, -0.15) is 0 Å². The molecule has 4 rings (SSSR count). The molecule has 2 aromatic carbocycles. The molecule has 8 amide bonds. The van der Waals surface area contributed by atoms with E-state index in [0.29, 0.717) is 11.3 Å². The second-order valence-electron chi connectivity index (χ2n) is 18.4. The summed E-state index contributed by atoms with van der Waals surface area (Å²) in [6.07, 6.45) is 3.14. The second-order valence-corrected chi connectivity index (χ2v) is 18.4. The summed E-state index contributed by atoms with van der Waals surface area (Å²) < 4.78 is 53.3. The first-order chi connectivity index (χ1) is 36.8. The lowest BCUT2D eigenvalue weighted by Crippen LogP contribution is -2.52. The van der Waals surface area contributed by atoms with Crippen LogP contribution in [-0.2, 0) is 68.6 Å². The number of carbonyl (C=O) groups excluding carboxylic acids is 8. The molecule has 0 fully saturated rings. The maximum Gasteiger partial charge on any atom is 0.322 e. The Kier molecular flexibility index (Phi) is 26.0. The molecule has 0 saturated heterocycles. The van der Waals surface area contributed by atoms with Gasteiger partial charge in [-0.25, -0.2) is 8.78 Å². The summed E-state index contributed by atoms with van der Waals surface area (Å²) in [5, 5.41) is 31.5.